The molecule has 0 saturated carbocycles. The molecule has 0 saturated heterocycles. The number of rotatable bonds is 3. The highest BCUT2D eigenvalue weighted by Crippen LogP contribution is 2.30. The summed E-state index contributed by atoms with van der Waals surface area (Å²) < 4.78 is 26.5. The summed E-state index contributed by atoms with van der Waals surface area (Å²) >= 11 is 0. The zero-order valence-corrected chi connectivity index (χ0v) is 9.24. The van der Waals surface area contributed by atoms with Crippen molar-refractivity contribution in [2.24, 2.45) is 0 Å². The largest absolute Gasteiger partial charge is 0.291 e. The third kappa shape index (κ3) is 2.07. The monoisotopic (exact) mass is 249 g/mol. The molecule has 0 spiro atoms. The van der Waals surface area contributed by atoms with Crippen LogP contribution in [0.5, 0.6) is 0 Å². The normalized spacial score (nSPS) is 15.3. The first-order valence-electron chi connectivity index (χ1n) is 5.13. The van der Waals surface area contributed by atoms with Crippen molar-refractivity contribution in [2.75, 3.05) is 0 Å². The van der Waals surface area contributed by atoms with Crippen LogP contribution in [0.2, 0.25) is 0 Å². The first-order valence-corrected chi connectivity index (χ1v) is 5.13. The average molecular weight is 249 g/mol. The third-order valence-corrected chi connectivity index (χ3v) is 2.59. The van der Waals surface area contributed by atoms with E-state index in [2.05, 4.69) is 11.9 Å². The van der Waals surface area contributed by atoms with Crippen LogP contribution in [0.15, 0.2) is 43.0 Å². The number of imide groups is 1. The summed E-state index contributed by atoms with van der Waals surface area (Å²) in [6.07, 6.45) is 1.69. The van der Waals surface area contributed by atoms with Crippen LogP contribution < -0.4 is 5.32 Å². The number of allylic oxidation sites excluding steroid dienone is 1. The number of carbonyl (C=O) groups excluding carboxylic acids is 2. The second-order valence-electron chi connectivity index (χ2n) is 3.78. The van der Waals surface area contributed by atoms with Crippen molar-refractivity contribution in [1.82, 2.24) is 5.32 Å². The lowest BCUT2D eigenvalue weighted by molar-refractivity contribution is -0.123. The quantitative estimate of drug-likeness (QED) is 0.658. The predicted octanol–water partition coefficient (Wildman–Crippen LogP) is 2.00. The van der Waals surface area contributed by atoms with Crippen molar-refractivity contribution in [3.8, 4) is 0 Å². The molecular formula is C13H9F2NO2. The topological polar surface area (TPSA) is 46.2 Å². The zero-order chi connectivity index (χ0) is 13.3. The molecule has 1 heterocycles. The Bertz CT molecular complexity index is 559. The number of amides is 2. The molecule has 0 fully saturated rings. The smallest absolute Gasteiger partial charge is 0.289 e. The molecule has 1 N–H and O–H groups in total. The van der Waals surface area contributed by atoms with E-state index in [0.717, 1.165) is 6.08 Å². The van der Waals surface area contributed by atoms with Gasteiger partial charge in [-0.25, -0.2) is 0 Å². The molecule has 5 heteroatoms. The lowest BCUT2D eigenvalue weighted by Crippen LogP contribution is -2.21. The molecule has 0 aromatic heterocycles. The molecule has 0 unspecified atom stereocenters. The van der Waals surface area contributed by atoms with Crippen LogP contribution in [0, 0.1) is 0 Å². The molecule has 92 valence electrons. The Morgan fingerprint density at radius 1 is 1.17 bits per heavy atom. The van der Waals surface area contributed by atoms with Gasteiger partial charge in [-0.05, 0) is 11.6 Å². The summed E-state index contributed by atoms with van der Waals surface area (Å²) in [5.41, 5.74) is 0.377. The predicted molar refractivity (Wildman–Crippen MR) is 61.7 cm³/mol. The maximum absolute atomic E-state index is 13.3. The van der Waals surface area contributed by atoms with E-state index in [1.54, 1.807) is 0 Å². The number of hydrogen-bond acceptors (Lipinski definition) is 2. The van der Waals surface area contributed by atoms with E-state index in [-0.39, 0.29) is 11.1 Å². The minimum Gasteiger partial charge on any atom is -0.289 e. The van der Waals surface area contributed by atoms with Gasteiger partial charge in [0.1, 0.15) is 0 Å². The third-order valence-electron chi connectivity index (χ3n) is 2.59. The van der Waals surface area contributed by atoms with E-state index in [1.807, 2.05) is 0 Å². The number of halogens is 2. The van der Waals surface area contributed by atoms with Crippen molar-refractivity contribution >= 4 is 17.4 Å². The maximum Gasteiger partial charge on any atom is 0.291 e. The van der Waals surface area contributed by atoms with Gasteiger partial charge in [0.25, 0.3) is 17.7 Å². The van der Waals surface area contributed by atoms with E-state index in [9.17, 15) is 18.4 Å². The molecule has 0 radical (unpaired) electrons. The lowest BCUT2D eigenvalue weighted by Gasteiger charge is -2.11. The van der Waals surface area contributed by atoms with E-state index >= 15 is 0 Å². The van der Waals surface area contributed by atoms with Gasteiger partial charge < -0.3 is 0 Å². The summed E-state index contributed by atoms with van der Waals surface area (Å²) in [4.78, 5) is 22.3. The first kappa shape index (κ1) is 12.2. The Morgan fingerprint density at radius 3 is 2.22 bits per heavy atom. The van der Waals surface area contributed by atoms with Crippen LogP contribution in [0.25, 0.3) is 5.57 Å². The van der Waals surface area contributed by atoms with Gasteiger partial charge in [-0.2, -0.15) is 8.78 Å². The highest BCUT2D eigenvalue weighted by atomic mass is 19.3. The van der Waals surface area contributed by atoms with E-state index < -0.39 is 17.7 Å². The molecular weight excluding hydrogens is 240 g/mol. The summed E-state index contributed by atoms with van der Waals surface area (Å²) in [6.45, 7) is 3.06. The van der Waals surface area contributed by atoms with Crippen LogP contribution in [0.4, 0.5) is 8.78 Å². The van der Waals surface area contributed by atoms with Gasteiger partial charge in [0, 0.05) is 11.6 Å². The van der Waals surface area contributed by atoms with Gasteiger partial charge in [0.2, 0.25) is 0 Å². The molecule has 3 nitrogen and oxygen atoms in total. The Balaban J connectivity index is 2.34. The van der Waals surface area contributed by atoms with Gasteiger partial charge in [-0.3, -0.25) is 14.9 Å². The minimum atomic E-state index is -3.11. The molecule has 0 aliphatic carbocycles. The molecule has 0 atom stereocenters. The van der Waals surface area contributed by atoms with Crippen molar-refractivity contribution in [2.45, 2.75) is 5.92 Å². The van der Waals surface area contributed by atoms with Crippen LogP contribution in [-0.4, -0.2) is 11.8 Å². The van der Waals surface area contributed by atoms with Crippen molar-refractivity contribution < 1.29 is 18.4 Å². The Hall–Kier alpha value is -2.30. The highest BCUT2D eigenvalue weighted by molar-refractivity contribution is 6.33. The van der Waals surface area contributed by atoms with Crippen LogP contribution in [-0.2, 0) is 15.5 Å². The number of carbonyl (C=O) groups is 2. The summed E-state index contributed by atoms with van der Waals surface area (Å²) in [7, 11) is 0. The maximum atomic E-state index is 13.3. The molecule has 18 heavy (non-hydrogen) atoms. The van der Waals surface area contributed by atoms with E-state index in [1.165, 1.54) is 24.3 Å². The van der Waals surface area contributed by atoms with Crippen LogP contribution >= 0.6 is 0 Å². The van der Waals surface area contributed by atoms with Gasteiger partial charge in [0.15, 0.2) is 0 Å². The molecule has 1 aromatic carbocycles. The van der Waals surface area contributed by atoms with Crippen molar-refractivity contribution in [3.05, 3.63) is 54.1 Å². The molecule has 1 aliphatic heterocycles. The van der Waals surface area contributed by atoms with Gasteiger partial charge >= 0.3 is 0 Å². The lowest BCUT2D eigenvalue weighted by atomic mass is 10.0. The van der Waals surface area contributed by atoms with Gasteiger partial charge in [-0.1, -0.05) is 30.8 Å². The minimum absolute atomic E-state index is 0.175. The zero-order valence-electron chi connectivity index (χ0n) is 9.24. The SMILES string of the molecule is C=CC(F)(F)c1ccc(C2=CC(=O)NC2=O)cc1. The number of hydrogen-bond donors (Lipinski definition) is 1. The van der Waals surface area contributed by atoms with Crippen molar-refractivity contribution in [1.29, 1.82) is 0 Å². The molecule has 0 bridgehead atoms. The van der Waals surface area contributed by atoms with Crippen LogP contribution in [0.3, 0.4) is 0 Å². The van der Waals surface area contributed by atoms with E-state index in [0.29, 0.717) is 11.6 Å². The Kier molecular flexibility index (Phi) is 2.82. The molecule has 2 rings (SSSR count). The summed E-state index contributed by atoms with van der Waals surface area (Å²) in [6, 6.07) is 5.15. The Labute approximate surface area is 102 Å². The standard InChI is InChI=1S/C13H9F2NO2/c1-2-13(14,15)9-5-3-8(4-6-9)10-7-11(17)16-12(10)18/h2-7H,1H2,(H,16,17,18). The fourth-order valence-corrected chi connectivity index (χ4v) is 1.62. The Morgan fingerprint density at radius 2 is 1.78 bits per heavy atom. The molecule has 2 amide bonds. The fraction of sp³-hybridized carbons (Fsp3) is 0.0769. The van der Waals surface area contributed by atoms with Gasteiger partial charge in [-0.15, -0.1) is 0 Å². The summed E-state index contributed by atoms with van der Waals surface area (Å²) in [5.74, 6) is -4.14. The number of nitrogens with one attached hydrogen (secondary N) is 1. The van der Waals surface area contributed by atoms with Crippen LogP contribution in [0.1, 0.15) is 11.1 Å². The molecule has 1 aromatic rings. The van der Waals surface area contributed by atoms with Gasteiger partial charge in [0.05, 0.1) is 5.57 Å². The average Bonchev–Trinajstić information content (AvgIpc) is 2.69. The highest BCUT2D eigenvalue weighted by Gasteiger charge is 2.27. The van der Waals surface area contributed by atoms with E-state index in [4.69, 9.17) is 0 Å². The summed E-state index contributed by atoms with van der Waals surface area (Å²) in [5, 5.41) is 2.09. The number of benzene rings is 1. The fourth-order valence-electron chi connectivity index (χ4n) is 1.62. The second kappa shape index (κ2) is 4.18. The second-order valence-corrected chi connectivity index (χ2v) is 3.78. The number of alkyl halides is 2. The van der Waals surface area contributed by atoms with Crippen molar-refractivity contribution in [3.63, 3.8) is 0 Å². The molecule has 1 aliphatic rings. The first-order chi connectivity index (χ1) is 8.44.